The number of carbonyl (C=O) groups excluding carboxylic acids is 1. The van der Waals surface area contributed by atoms with E-state index in [2.05, 4.69) is 35.8 Å². The highest BCUT2D eigenvalue weighted by Gasteiger charge is 2.41. The molecule has 0 bridgehead atoms. The van der Waals surface area contributed by atoms with Gasteiger partial charge < -0.3 is 19.2 Å². The van der Waals surface area contributed by atoms with Crippen molar-refractivity contribution in [1.82, 2.24) is 15.0 Å². The SMILES string of the molecule is CC(C)(C)C1(CCCC(CC(=O)[O-])c2nc(CN3CCOCC3)no2)CCCCC1. The molecule has 7 heteroatoms. The van der Waals surface area contributed by atoms with Crippen molar-refractivity contribution < 1.29 is 19.2 Å². The number of aromatic nitrogens is 2. The Balaban J connectivity index is 1.61. The lowest BCUT2D eigenvalue weighted by atomic mass is 9.57. The molecule has 0 spiro atoms. The van der Waals surface area contributed by atoms with Crippen molar-refractivity contribution in [2.75, 3.05) is 26.3 Å². The van der Waals surface area contributed by atoms with Crippen LogP contribution in [-0.4, -0.2) is 47.3 Å². The third-order valence-electron chi connectivity index (χ3n) is 7.32. The van der Waals surface area contributed by atoms with Crippen LogP contribution in [-0.2, 0) is 16.1 Å². The highest BCUT2D eigenvalue weighted by atomic mass is 16.5. The first-order valence-corrected chi connectivity index (χ1v) is 11.6. The van der Waals surface area contributed by atoms with E-state index in [9.17, 15) is 9.90 Å². The first kappa shape index (κ1) is 23.2. The lowest BCUT2D eigenvalue weighted by Gasteiger charge is -2.48. The molecule has 170 valence electrons. The summed E-state index contributed by atoms with van der Waals surface area (Å²) in [6.07, 6.45) is 9.23. The minimum atomic E-state index is -1.06. The Kier molecular flexibility index (Phi) is 7.91. The molecule has 1 atom stereocenters. The normalized spacial score (nSPS) is 21.4. The second kappa shape index (κ2) is 10.2. The van der Waals surface area contributed by atoms with Crippen LogP contribution in [0.4, 0.5) is 0 Å². The molecule has 0 radical (unpaired) electrons. The fourth-order valence-electron chi connectivity index (χ4n) is 5.26. The maximum atomic E-state index is 11.4. The van der Waals surface area contributed by atoms with Crippen LogP contribution < -0.4 is 5.11 Å². The summed E-state index contributed by atoms with van der Waals surface area (Å²) in [7, 11) is 0. The summed E-state index contributed by atoms with van der Waals surface area (Å²) in [5.41, 5.74) is 0.598. The zero-order chi connectivity index (χ0) is 21.6. The molecule has 1 saturated heterocycles. The summed E-state index contributed by atoms with van der Waals surface area (Å²) in [5.74, 6) is -0.276. The quantitative estimate of drug-likeness (QED) is 0.605. The van der Waals surface area contributed by atoms with Crippen molar-refractivity contribution in [2.45, 2.75) is 91.0 Å². The van der Waals surface area contributed by atoms with Gasteiger partial charge in [0.15, 0.2) is 5.82 Å². The molecule has 2 heterocycles. The Hall–Kier alpha value is -1.47. The van der Waals surface area contributed by atoms with Gasteiger partial charge in [0.1, 0.15) is 0 Å². The number of nitrogens with zero attached hydrogens (tertiary/aromatic N) is 3. The lowest BCUT2D eigenvalue weighted by molar-refractivity contribution is -0.306. The summed E-state index contributed by atoms with van der Waals surface area (Å²) in [6, 6.07) is 0. The summed E-state index contributed by atoms with van der Waals surface area (Å²) in [4.78, 5) is 18.1. The minimum absolute atomic E-state index is 0.0678. The topological polar surface area (TPSA) is 91.5 Å². The number of ether oxygens (including phenoxy) is 1. The van der Waals surface area contributed by atoms with Crippen LogP contribution in [0.15, 0.2) is 4.52 Å². The zero-order valence-electron chi connectivity index (χ0n) is 19.0. The van der Waals surface area contributed by atoms with Crippen LogP contribution in [0.3, 0.4) is 0 Å². The number of morpholine rings is 1. The molecule has 1 aromatic heterocycles. The van der Waals surface area contributed by atoms with Crippen molar-refractivity contribution in [2.24, 2.45) is 10.8 Å². The maximum absolute atomic E-state index is 11.4. The van der Waals surface area contributed by atoms with E-state index in [-0.39, 0.29) is 17.8 Å². The average Bonchev–Trinajstić information content (AvgIpc) is 3.16. The second-order valence-corrected chi connectivity index (χ2v) is 10.2. The fourth-order valence-corrected chi connectivity index (χ4v) is 5.26. The molecule has 1 aliphatic heterocycles. The van der Waals surface area contributed by atoms with Crippen molar-refractivity contribution in [1.29, 1.82) is 0 Å². The number of hydrogen-bond donors (Lipinski definition) is 0. The molecule has 0 aromatic carbocycles. The van der Waals surface area contributed by atoms with E-state index in [4.69, 9.17) is 9.26 Å². The van der Waals surface area contributed by atoms with Crippen molar-refractivity contribution in [3.8, 4) is 0 Å². The zero-order valence-corrected chi connectivity index (χ0v) is 19.0. The number of hydrogen-bond acceptors (Lipinski definition) is 7. The number of carbonyl (C=O) groups is 1. The van der Waals surface area contributed by atoms with Gasteiger partial charge in [-0.15, -0.1) is 0 Å². The van der Waals surface area contributed by atoms with Gasteiger partial charge >= 0.3 is 0 Å². The Morgan fingerprint density at radius 2 is 1.90 bits per heavy atom. The first-order valence-electron chi connectivity index (χ1n) is 11.6. The smallest absolute Gasteiger partial charge is 0.230 e. The van der Waals surface area contributed by atoms with Gasteiger partial charge in [-0.25, -0.2) is 0 Å². The monoisotopic (exact) mass is 420 g/mol. The lowest BCUT2D eigenvalue weighted by Crippen LogP contribution is -2.37. The van der Waals surface area contributed by atoms with E-state index in [1.165, 1.54) is 32.1 Å². The summed E-state index contributed by atoms with van der Waals surface area (Å²) in [5, 5.41) is 15.5. The van der Waals surface area contributed by atoms with Gasteiger partial charge in [-0.05, 0) is 42.9 Å². The summed E-state index contributed by atoms with van der Waals surface area (Å²) < 4.78 is 10.9. The third kappa shape index (κ3) is 6.03. The Morgan fingerprint density at radius 3 is 2.53 bits per heavy atom. The van der Waals surface area contributed by atoms with Crippen LogP contribution in [0, 0.1) is 10.8 Å². The van der Waals surface area contributed by atoms with Crippen LogP contribution in [0.5, 0.6) is 0 Å². The highest BCUT2D eigenvalue weighted by molar-refractivity contribution is 5.65. The van der Waals surface area contributed by atoms with E-state index < -0.39 is 5.97 Å². The second-order valence-electron chi connectivity index (χ2n) is 10.2. The Morgan fingerprint density at radius 1 is 1.20 bits per heavy atom. The van der Waals surface area contributed by atoms with Gasteiger partial charge in [-0.1, -0.05) is 51.6 Å². The van der Waals surface area contributed by atoms with Gasteiger partial charge in [0.2, 0.25) is 5.89 Å². The van der Waals surface area contributed by atoms with E-state index in [1.807, 2.05) is 0 Å². The highest BCUT2D eigenvalue weighted by Crippen LogP contribution is 2.53. The van der Waals surface area contributed by atoms with Gasteiger partial charge in [0, 0.05) is 25.0 Å². The fraction of sp³-hybridized carbons (Fsp3) is 0.870. The van der Waals surface area contributed by atoms with Crippen LogP contribution in [0.2, 0.25) is 0 Å². The molecule has 2 aliphatic rings. The predicted octanol–water partition coefficient (Wildman–Crippen LogP) is 3.29. The average molecular weight is 421 g/mol. The number of carboxylic acids is 1. The molecule has 1 aromatic rings. The van der Waals surface area contributed by atoms with Crippen molar-refractivity contribution in [3.05, 3.63) is 11.7 Å². The Labute approximate surface area is 180 Å². The molecule has 2 fully saturated rings. The van der Waals surface area contributed by atoms with Gasteiger partial charge in [0.05, 0.1) is 19.8 Å². The molecule has 30 heavy (non-hydrogen) atoms. The molecule has 7 nitrogen and oxygen atoms in total. The maximum Gasteiger partial charge on any atom is 0.230 e. The van der Waals surface area contributed by atoms with Gasteiger partial charge in [0.25, 0.3) is 0 Å². The first-order chi connectivity index (χ1) is 14.3. The Bertz CT molecular complexity index is 670. The molecule has 0 N–H and O–H groups in total. The van der Waals surface area contributed by atoms with E-state index in [0.717, 1.165) is 32.4 Å². The number of rotatable bonds is 9. The molecular weight excluding hydrogens is 382 g/mol. The largest absolute Gasteiger partial charge is 0.550 e. The third-order valence-corrected chi connectivity index (χ3v) is 7.32. The molecular formula is C23H38N3O4-. The van der Waals surface area contributed by atoms with Crippen molar-refractivity contribution >= 4 is 5.97 Å². The van der Waals surface area contributed by atoms with E-state index >= 15 is 0 Å². The molecule has 0 amide bonds. The summed E-state index contributed by atoms with van der Waals surface area (Å²) >= 11 is 0. The van der Waals surface area contributed by atoms with Gasteiger partial charge in [-0.3, -0.25) is 4.90 Å². The van der Waals surface area contributed by atoms with Gasteiger partial charge in [-0.2, -0.15) is 4.98 Å². The standard InChI is InChI=1S/C23H39N3O4/c1-22(2,3)23(9-5-4-6-10-23)11-7-8-18(16-20(27)28)21-24-19(25-30-21)17-26-12-14-29-15-13-26/h18H,4-17H2,1-3H3,(H,27,28)/p-1. The van der Waals surface area contributed by atoms with E-state index in [0.29, 0.717) is 36.9 Å². The van der Waals surface area contributed by atoms with Crippen molar-refractivity contribution in [3.63, 3.8) is 0 Å². The van der Waals surface area contributed by atoms with Crippen LogP contribution in [0.25, 0.3) is 0 Å². The predicted molar refractivity (Wildman–Crippen MR) is 112 cm³/mol. The van der Waals surface area contributed by atoms with Crippen LogP contribution >= 0.6 is 0 Å². The van der Waals surface area contributed by atoms with Crippen LogP contribution in [0.1, 0.15) is 96.2 Å². The minimum Gasteiger partial charge on any atom is -0.550 e. The summed E-state index contributed by atoms with van der Waals surface area (Å²) in [6.45, 7) is 10.8. The number of aliphatic carboxylic acids is 1. The van der Waals surface area contributed by atoms with E-state index in [1.54, 1.807) is 0 Å². The molecule has 1 aliphatic carbocycles. The molecule has 1 saturated carbocycles. The molecule has 1 unspecified atom stereocenters. The number of carboxylic acid groups (broad SMARTS) is 1. The molecule has 3 rings (SSSR count).